The topological polar surface area (TPSA) is 146 Å². The van der Waals surface area contributed by atoms with Gasteiger partial charge in [0.05, 0.1) is 19.0 Å². The highest BCUT2D eigenvalue weighted by Gasteiger charge is 2.44. The average molecular weight is 401 g/mol. The number of aromatic nitrogens is 4. The van der Waals surface area contributed by atoms with Crippen LogP contribution in [0.25, 0.3) is 11.2 Å². The molecule has 10 heteroatoms. The Balaban J connectivity index is 1.65. The molecule has 3 aromatic rings. The number of imidazole rings is 1. The summed E-state index contributed by atoms with van der Waals surface area (Å²) in [5.74, 6) is 0.714. The van der Waals surface area contributed by atoms with Crippen molar-refractivity contribution in [3.8, 4) is 5.75 Å². The third-order valence-electron chi connectivity index (χ3n) is 5.16. The lowest BCUT2D eigenvalue weighted by Gasteiger charge is -2.19. The van der Waals surface area contributed by atoms with Crippen molar-refractivity contribution in [2.75, 3.05) is 11.9 Å². The van der Waals surface area contributed by atoms with E-state index in [9.17, 15) is 20.4 Å². The first-order valence-electron chi connectivity index (χ1n) is 9.39. The molecule has 0 saturated carbocycles. The van der Waals surface area contributed by atoms with Crippen LogP contribution in [0.15, 0.2) is 36.9 Å². The summed E-state index contributed by atoms with van der Waals surface area (Å²) in [6.45, 7) is 1.62. The molecule has 1 aliphatic heterocycles. The molecule has 1 aromatic carbocycles. The van der Waals surface area contributed by atoms with E-state index in [0.29, 0.717) is 17.0 Å². The van der Waals surface area contributed by atoms with Crippen LogP contribution in [-0.4, -0.2) is 64.9 Å². The van der Waals surface area contributed by atoms with Crippen LogP contribution in [0.3, 0.4) is 0 Å². The van der Waals surface area contributed by atoms with Crippen molar-refractivity contribution in [3.05, 3.63) is 42.5 Å². The van der Waals surface area contributed by atoms with Gasteiger partial charge in [-0.3, -0.25) is 4.57 Å². The van der Waals surface area contributed by atoms with E-state index >= 15 is 0 Å². The molecule has 0 aliphatic carbocycles. The summed E-state index contributed by atoms with van der Waals surface area (Å²) in [5.41, 5.74) is 1.90. The second-order valence-electron chi connectivity index (χ2n) is 6.97. The standard InChI is InChI=1S/C19H23N5O5/c1-2-12(10-3-5-11(26)6-4-10)23-17-14-18(21-8-20-17)24(9-22-14)19-16(28)15(27)13(7-25)29-19/h3-6,8-9,12-13,15-16,19,25-28H,2,7H2,1H3,(H,20,21,23)/t12?,13-,15+,16?,19-/m1/s1. The number of hydrogen-bond acceptors (Lipinski definition) is 9. The van der Waals surface area contributed by atoms with E-state index in [2.05, 4.69) is 20.3 Å². The summed E-state index contributed by atoms with van der Waals surface area (Å²) in [4.78, 5) is 12.9. The van der Waals surface area contributed by atoms with Gasteiger partial charge in [0.2, 0.25) is 0 Å². The van der Waals surface area contributed by atoms with E-state index in [4.69, 9.17) is 4.74 Å². The van der Waals surface area contributed by atoms with Gasteiger partial charge in [-0.15, -0.1) is 0 Å². The van der Waals surface area contributed by atoms with E-state index in [1.165, 1.54) is 17.2 Å². The van der Waals surface area contributed by atoms with Crippen LogP contribution < -0.4 is 5.32 Å². The van der Waals surface area contributed by atoms with Gasteiger partial charge in [-0.1, -0.05) is 19.1 Å². The van der Waals surface area contributed by atoms with E-state index in [1.54, 1.807) is 12.1 Å². The maximum atomic E-state index is 10.3. The van der Waals surface area contributed by atoms with Crippen LogP contribution in [0, 0.1) is 0 Å². The van der Waals surface area contributed by atoms with Crippen LogP contribution in [0.2, 0.25) is 0 Å². The second-order valence-corrected chi connectivity index (χ2v) is 6.97. The van der Waals surface area contributed by atoms with Crippen molar-refractivity contribution < 1.29 is 25.2 Å². The first-order chi connectivity index (χ1) is 14.0. The van der Waals surface area contributed by atoms with Crippen molar-refractivity contribution >= 4 is 17.0 Å². The van der Waals surface area contributed by atoms with Gasteiger partial charge >= 0.3 is 0 Å². The first-order valence-corrected chi connectivity index (χ1v) is 9.39. The normalized spacial score (nSPS) is 25.4. The van der Waals surface area contributed by atoms with Crippen molar-refractivity contribution in [2.24, 2.45) is 0 Å². The Hall–Kier alpha value is -2.79. The Kier molecular flexibility index (Phi) is 5.33. The average Bonchev–Trinajstić information content (AvgIpc) is 3.28. The second kappa shape index (κ2) is 7.91. The fourth-order valence-corrected chi connectivity index (χ4v) is 3.55. The summed E-state index contributed by atoms with van der Waals surface area (Å²) in [7, 11) is 0. The molecule has 1 saturated heterocycles. The smallest absolute Gasteiger partial charge is 0.167 e. The number of phenolic OH excluding ortho intramolecular Hbond substituents is 1. The number of rotatable bonds is 6. The summed E-state index contributed by atoms with van der Waals surface area (Å²) in [6, 6.07) is 6.88. The third kappa shape index (κ3) is 3.51. The zero-order valence-electron chi connectivity index (χ0n) is 15.8. The largest absolute Gasteiger partial charge is 0.508 e. The molecular formula is C19H23N5O5. The molecule has 2 aromatic heterocycles. The van der Waals surface area contributed by atoms with Gasteiger partial charge in [-0.05, 0) is 24.1 Å². The number of nitrogens with one attached hydrogen (secondary N) is 1. The molecule has 0 spiro atoms. The molecule has 5 atom stereocenters. The van der Waals surface area contributed by atoms with Crippen molar-refractivity contribution in [3.63, 3.8) is 0 Å². The molecule has 29 heavy (non-hydrogen) atoms. The summed E-state index contributed by atoms with van der Waals surface area (Å²) >= 11 is 0. The van der Waals surface area contributed by atoms with Gasteiger partial charge in [-0.2, -0.15) is 0 Å². The molecule has 0 radical (unpaired) electrons. The molecule has 0 amide bonds. The number of benzene rings is 1. The van der Waals surface area contributed by atoms with Crippen LogP contribution in [-0.2, 0) is 4.74 Å². The van der Waals surface area contributed by atoms with Crippen LogP contribution >= 0.6 is 0 Å². The summed E-state index contributed by atoms with van der Waals surface area (Å²) in [5, 5.41) is 42.5. The molecule has 3 heterocycles. The Morgan fingerprint density at radius 2 is 1.90 bits per heavy atom. The number of fused-ring (bicyclic) bond motifs is 1. The molecular weight excluding hydrogens is 378 g/mol. The van der Waals surface area contributed by atoms with Gasteiger partial charge in [0, 0.05) is 0 Å². The number of hydrogen-bond donors (Lipinski definition) is 5. The van der Waals surface area contributed by atoms with Gasteiger partial charge < -0.3 is 30.5 Å². The first kappa shape index (κ1) is 19.5. The molecule has 1 aliphatic rings. The van der Waals surface area contributed by atoms with Gasteiger partial charge in [-0.25, -0.2) is 15.0 Å². The highest BCUT2D eigenvalue weighted by molar-refractivity contribution is 5.83. The van der Waals surface area contributed by atoms with Gasteiger partial charge in [0.25, 0.3) is 0 Å². The third-order valence-corrected chi connectivity index (χ3v) is 5.16. The molecule has 2 unspecified atom stereocenters. The number of anilines is 1. The zero-order chi connectivity index (χ0) is 20.5. The predicted octanol–water partition coefficient (Wildman–Crippen LogP) is 0.707. The van der Waals surface area contributed by atoms with Gasteiger partial charge in [0.15, 0.2) is 23.2 Å². The molecule has 1 fully saturated rings. The maximum Gasteiger partial charge on any atom is 0.167 e. The highest BCUT2D eigenvalue weighted by atomic mass is 16.6. The minimum absolute atomic E-state index is 0.0623. The number of aromatic hydroxyl groups is 1. The van der Waals surface area contributed by atoms with E-state index in [-0.39, 0.29) is 11.8 Å². The number of phenols is 1. The minimum atomic E-state index is -1.23. The van der Waals surface area contributed by atoms with Crippen LogP contribution in [0.5, 0.6) is 5.75 Å². The van der Waals surface area contributed by atoms with E-state index < -0.39 is 31.1 Å². The fraction of sp³-hybridized carbons (Fsp3) is 0.421. The maximum absolute atomic E-state index is 10.3. The van der Waals surface area contributed by atoms with Crippen LogP contribution in [0.1, 0.15) is 31.2 Å². The monoisotopic (exact) mass is 401 g/mol. The fourth-order valence-electron chi connectivity index (χ4n) is 3.55. The Morgan fingerprint density at radius 3 is 2.55 bits per heavy atom. The Labute approximate surface area is 166 Å². The molecule has 5 N–H and O–H groups in total. The van der Waals surface area contributed by atoms with Gasteiger partial charge in [0.1, 0.15) is 30.4 Å². The lowest BCUT2D eigenvalue weighted by Crippen LogP contribution is -2.33. The quantitative estimate of drug-likeness (QED) is 0.403. The van der Waals surface area contributed by atoms with Crippen LogP contribution in [0.4, 0.5) is 5.82 Å². The molecule has 10 nitrogen and oxygen atoms in total. The van der Waals surface area contributed by atoms with E-state index in [1.807, 2.05) is 19.1 Å². The lowest BCUT2D eigenvalue weighted by molar-refractivity contribution is -0.0511. The van der Waals surface area contributed by atoms with Crippen molar-refractivity contribution in [1.82, 2.24) is 19.5 Å². The number of aliphatic hydroxyl groups excluding tert-OH is 3. The van der Waals surface area contributed by atoms with Crippen molar-refractivity contribution in [2.45, 2.75) is 43.9 Å². The molecule has 0 bridgehead atoms. The number of aliphatic hydroxyl groups is 3. The summed E-state index contributed by atoms with van der Waals surface area (Å²) in [6.07, 6.45) is -0.622. The van der Waals surface area contributed by atoms with Crippen molar-refractivity contribution in [1.29, 1.82) is 0 Å². The predicted molar refractivity (Wildman–Crippen MR) is 103 cm³/mol. The Morgan fingerprint density at radius 1 is 1.14 bits per heavy atom. The number of nitrogens with zero attached hydrogens (tertiary/aromatic N) is 4. The minimum Gasteiger partial charge on any atom is -0.508 e. The molecule has 4 rings (SSSR count). The van der Waals surface area contributed by atoms with E-state index in [0.717, 1.165) is 12.0 Å². The molecule has 154 valence electrons. The SMILES string of the molecule is CCC(Nc1ncnc2c1ncn2[C@@H]1O[C@H](CO)[C@H](O)C1O)c1ccc(O)cc1. The summed E-state index contributed by atoms with van der Waals surface area (Å²) < 4.78 is 7.10. The lowest BCUT2D eigenvalue weighted by atomic mass is 10.0. The zero-order valence-corrected chi connectivity index (χ0v) is 15.8. The Bertz CT molecular complexity index is 979. The highest BCUT2D eigenvalue weighted by Crippen LogP contribution is 2.33. The number of ether oxygens (including phenoxy) is 1.